The molecule has 0 spiro atoms. The monoisotopic (exact) mass is 308 g/mol. The molecular formula is C18H13ClN2O. The summed E-state index contributed by atoms with van der Waals surface area (Å²) in [6.45, 7) is 0.649. The van der Waals surface area contributed by atoms with Crippen LogP contribution in [0.1, 0.15) is 5.56 Å². The van der Waals surface area contributed by atoms with Gasteiger partial charge in [-0.3, -0.25) is 0 Å². The lowest BCUT2D eigenvalue weighted by atomic mass is 10.2. The second-order valence-corrected chi connectivity index (χ2v) is 5.49. The zero-order valence-electron chi connectivity index (χ0n) is 11.7. The lowest BCUT2D eigenvalue weighted by Crippen LogP contribution is -2.02. The number of fused-ring (bicyclic) bond motifs is 1. The smallest absolute Gasteiger partial charge is 0.177 e. The third kappa shape index (κ3) is 2.20. The number of nitrogens with zero attached hydrogens (tertiary/aromatic N) is 2. The van der Waals surface area contributed by atoms with Gasteiger partial charge in [-0.2, -0.15) is 0 Å². The minimum absolute atomic E-state index is 0.649. The fourth-order valence-corrected chi connectivity index (χ4v) is 2.82. The summed E-state index contributed by atoms with van der Waals surface area (Å²) in [5.74, 6) is 1.56. The maximum absolute atomic E-state index is 6.31. The van der Waals surface area contributed by atoms with Crippen LogP contribution in [-0.4, -0.2) is 9.55 Å². The number of hydrogen-bond acceptors (Lipinski definition) is 2. The van der Waals surface area contributed by atoms with Crippen LogP contribution < -0.4 is 0 Å². The Balaban J connectivity index is 1.91. The molecule has 22 heavy (non-hydrogen) atoms. The lowest BCUT2D eigenvalue weighted by Gasteiger charge is -2.09. The molecule has 0 bridgehead atoms. The van der Waals surface area contributed by atoms with Gasteiger partial charge in [-0.15, -0.1) is 0 Å². The first kappa shape index (κ1) is 13.2. The molecule has 108 valence electrons. The van der Waals surface area contributed by atoms with Crippen molar-refractivity contribution in [2.45, 2.75) is 6.54 Å². The SMILES string of the molecule is Clc1ccccc1Cn1c(-c2ccco2)nc2ccccc21. The van der Waals surface area contributed by atoms with Gasteiger partial charge in [0, 0.05) is 5.02 Å². The summed E-state index contributed by atoms with van der Waals surface area (Å²) in [7, 11) is 0. The predicted octanol–water partition coefficient (Wildman–Crippen LogP) is 5.00. The van der Waals surface area contributed by atoms with E-state index in [2.05, 4.69) is 10.6 Å². The summed E-state index contributed by atoms with van der Waals surface area (Å²) >= 11 is 6.31. The Labute approximate surface area is 132 Å². The van der Waals surface area contributed by atoms with E-state index in [1.54, 1.807) is 6.26 Å². The van der Waals surface area contributed by atoms with Gasteiger partial charge in [-0.25, -0.2) is 4.98 Å². The summed E-state index contributed by atoms with van der Waals surface area (Å²) in [5.41, 5.74) is 3.06. The van der Waals surface area contributed by atoms with Crippen LogP contribution in [0.2, 0.25) is 5.02 Å². The third-order valence-electron chi connectivity index (χ3n) is 3.68. The maximum atomic E-state index is 6.31. The van der Waals surface area contributed by atoms with Crippen LogP contribution in [-0.2, 0) is 6.54 Å². The average Bonchev–Trinajstić information content (AvgIpc) is 3.17. The Bertz CT molecular complexity index is 925. The molecule has 4 heteroatoms. The van der Waals surface area contributed by atoms with Crippen molar-refractivity contribution in [3.8, 4) is 11.6 Å². The van der Waals surface area contributed by atoms with Crippen molar-refractivity contribution in [3.63, 3.8) is 0 Å². The van der Waals surface area contributed by atoms with Gasteiger partial charge in [0.1, 0.15) is 0 Å². The maximum Gasteiger partial charge on any atom is 0.177 e. The standard InChI is InChI=1S/C18H13ClN2O/c19-14-7-2-1-6-13(14)12-21-16-9-4-3-8-15(16)20-18(21)17-10-5-11-22-17/h1-11H,12H2. The van der Waals surface area contributed by atoms with Crippen molar-refractivity contribution in [1.29, 1.82) is 0 Å². The van der Waals surface area contributed by atoms with Crippen LogP contribution in [0.25, 0.3) is 22.6 Å². The molecule has 0 aliphatic carbocycles. The van der Waals surface area contributed by atoms with E-state index < -0.39 is 0 Å². The first-order valence-electron chi connectivity index (χ1n) is 7.05. The first-order valence-corrected chi connectivity index (χ1v) is 7.43. The molecule has 0 N–H and O–H groups in total. The highest BCUT2D eigenvalue weighted by molar-refractivity contribution is 6.31. The number of furan rings is 1. The molecule has 2 heterocycles. The van der Waals surface area contributed by atoms with Gasteiger partial charge in [0.25, 0.3) is 0 Å². The van der Waals surface area contributed by atoms with Crippen molar-refractivity contribution in [2.75, 3.05) is 0 Å². The molecule has 0 saturated carbocycles. The summed E-state index contributed by atoms with van der Waals surface area (Å²) in [5, 5.41) is 0.755. The van der Waals surface area contributed by atoms with E-state index in [-0.39, 0.29) is 0 Å². The van der Waals surface area contributed by atoms with Gasteiger partial charge < -0.3 is 8.98 Å². The van der Waals surface area contributed by atoms with Gasteiger partial charge in [0.15, 0.2) is 11.6 Å². The molecule has 0 aliphatic heterocycles. The van der Waals surface area contributed by atoms with E-state index in [1.807, 2.05) is 54.6 Å². The second kappa shape index (κ2) is 5.35. The van der Waals surface area contributed by atoms with E-state index in [1.165, 1.54) is 0 Å². The van der Waals surface area contributed by atoms with Crippen LogP contribution in [0.3, 0.4) is 0 Å². The second-order valence-electron chi connectivity index (χ2n) is 5.08. The largest absolute Gasteiger partial charge is 0.461 e. The number of rotatable bonds is 3. The topological polar surface area (TPSA) is 31.0 Å². The van der Waals surface area contributed by atoms with Crippen molar-refractivity contribution in [1.82, 2.24) is 9.55 Å². The van der Waals surface area contributed by atoms with Gasteiger partial charge in [0.2, 0.25) is 0 Å². The molecule has 0 fully saturated rings. The highest BCUT2D eigenvalue weighted by Crippen LogP contribution is 2.27. The Hall–Kier alpha value is -2.52. The minimum atomic E-state index is 0.649. The summed E-state index contributed by atoms with van der Waals surface area (Å²) < 4.78 is 7.68. The fraction of sp³-hybridized carbons (Fsp3) is 0.0556. The van der Waals surface area contributed by atoms with Crippen molar-refractivity contribution in [2.24, 2.45) is 0 Å². The lowest BCUT2D eigenvalue weighted by molar-refractivity contribution is 0.572. The molecule has 0 atom stereocenters. The van der Waals surface area contributed by atoms with Crippen molar-refractivity contribution >= 4 is 22.6 Å². The average molecular weight is 309 g/mol. The van der Waals surface area contributed by atoms with E-state index in [0.717, 1.165) is 33.2 Å². The van der Waals surface area contributed by atoms with E-state index in [4.69, 9.17) is 21.0 Å². The molecule has 0 amide bonds. The van der Waals surface area contributed by atoms with E-state index in [9.17, 15) is 0 Å². The molecule has 0 aliphatic rings. The summed E-state index contributed by atoms with van der Waals surface area (Å²) in [6.07, 6.45) is 1.66. The molecule has 4 rings (SSSR count). The molecule has 3 nitrogen and oxygen atoms in total. The van der Waals surface area contributed by atoms with Gasteiger partial charge in [-0.1, -0.05) is 41.9 Å². The van der Waals surface area contributed by atoms with Crippen LogP contribution in [0, 0.1) is 0 Å². The zero-order valence-corrected chi connectivity index (χ0v) is 12.5. The van der Waals surface area contributed by atoms with Crippen LogP contribution in [0.5, 0.6) is 0 Å². The third-order valence-corrected chi connectivity index (χ3v) is 4.05. The highest BCUT2D eigenvalue weighted by Gasteiger charge is 2.15. The molecule has 4 aromatic rings. The number of benzene rings is 2. The molecule has 0 saturated heterocycles. The molecule has 0 unspecified atom stereocenters. The van der Waals surface area contributed by atoms with Gasteiger partial charge >= 0.3 is 0 Å². The summed E-state index contributed by atoms with van der Waals surface area (Å²) in [4.78, 5) is 4.71. The fourth-order valence-electron chi connectivity index (χ4n) is 2.63. The summed E-state index contributed by atoms with van der Waals surface area (Å²) in [6, 6.07) is 19.7. The molecule has 2 aromatic carbocycles. The number of halogens is 1. The normalized spacial score (nSPS) is 11.1. The zero-order chi connectivity index (χ0) is 14.9. The predicted molar refractivity (Wildman–Crippen MR) is 88.0 cm³/mol. The van der Waals surface area contributed by atoms with Crippen molar-refractivity contribution in [3.05, 3.63) is 77.5 Å². The molecular weight excluding hydrogens is 296 g/mol. The van der Waals surface area contributed by atoms with E-state index in [0.29, 0.717) is 6.54 Å². The number of hydrogen-bond donors (Lipinski definition) is 0. The van der Waals surface area contributed by atoms with Crippen molar-refractivity contribution < 1.29 is 4.42 Å². The number of aromatic nitrogens is 2. The molecule has 2 aromatic heterocycles. The Morgan fingerprint density at radius 3 is 2.59 bits per heavy atom. The van der Waals surface area contributed by atoms with E-state index >= 15 is 0 Å². The Kier molecular flexibility index (Phi) is 3.20. The first-order chi connectivity index (χ1) is 10.8. The minimum Gasteiger partial charge on any atom is -0.461 e. The quantitative estimate of drug-likeness (QED) is 0.533. The number of para-hydroxylation sites is 2. The van der Waals surface area contributed by atoms with Gasteiger partial charge in [0.05, 0.1) is 23.8 Å². The number of imidazole rings is 1. The Morgan fingerprint density at radius 1 is 0.955 bits per heavy atom. The highest BCUT2D eigenvalue weighted by atomic mass is 35.5. The van der Waals surface area contributed by atoms with Crippen LogP contribution >= 0.6 is 11.6 Å². The van der Waals surface area contributed by atoms with Crippen LogP contribution in [0.15, 0.2) is 71.3 Å². The Morgan fingerprint density at radius 2 is 1.77 bits per heavy atom. The van der Waals surface area contributed by atoms with Gasteiger partial charge in [-0.05, 0) is 35.9 Å². The molecule has 0 radical (unpaired) electrons. The van der Waals surface area contributed by atoms with Crippen LogP contribution in [0.4, 0.5) is 0 Å².